The van der Waals surface area contributed by atoms with Gasteiger partial charge in [-0.25, -0.2) is 0 Å². The van der Waals surface area contributed by atoms with Gasteiger partial charge in [0.25, 0.3) is 0 Å². The van der Waals surface area contributed by atoms with E-state index in [2.05, 4.69) is 5.32 Å². The van der Waals surface area contributed by atoms with Crippen LogP contribution < -0.4 is 5.32 Å². The van der Waals surface area contributed by atoms with E-state index in [-0.39, 0.29) is 18.6 Å². The molecule has 0 spiro atoms. The molecule has 0 saturated heterocycles. The van der Waals surface area contributed by atoms with E-state index in [4.69, 9.17) is 9.52 Å². The number of carbonyl (C=O) groups excluding carboxylic acids is 1. The lowest BCUT2D eigenvalue weighted by Gasteiger charge is -2.25. The molecule has 5 nitrogen and oxygen atoms in total. The van der Waals surface area contributed by atoms with Crippen LogP contribution in [0, 0.1) is 0 Å². The number of nitrogens with zero attached hydrogens (tertiary/aromatic N) is 1. The Morgan fingerprint density at radius 2 is 2.33 bits per heavy atom. The SMILES string of the molecule is CC(C)N(CCCO)CC(=O)NCc1ccco1. The molecular formula is C13H22N2O3. The number of nitrogens with one attached hydrogen (secondary N) is 1. The topological polar surface area (TPSA) is 65.7 Å². The van der Waals surface area contributed by atoms with Gasteiger partial charge in [-0.15, -0.1) is 0 Å². The first-order chi connectivity index (χ1) is 8.63. The van der Waals surface area contributed by atoms with Gasteiger partial charge in [0, 0.05) is 19.2 Å². The molecule has 1 heterocycles. The summed E-state index contributed by atoms with van der Waals surface area (Å²) in [5, 5.41) is 11.6. The zero-order chi connectivity index (χ0) is 13.4. The fourth-order valence-corrected chi connectivity index (χ4v) is 1.63. The zero-order valence-electron chi connectivity index (χ0n) is 11.1. The van der Waals surface area contributed by atoms with Gasteiger partial charge in [-0.2, -0.15) is 0 Å². The lowest BCUT2D eigenvalue weighted by Crippen LogP contribution is -2.41. The van der Waals surface area contributed by atoms with E-state index in [1.54, 1.807) is 12.3 Å². The van der Waals surface area contributed by atoms with Crippen molar-refractivity contribution in [3.05, 3.63) is 24.2 Å². The number of carbonyl (C=O) groups is 1. The van der Waals surface area contributed by atoms with Crippen LogP contribution in [0.2, 0.25) is 0 Å². The number of aliphatic hydroxyl groups excluding tert-OH is 1. The molecule has 1 amide bonds. The number of furan rings is 1. The average molecular weight is 254 g/mol. The van der Waals surface area contributed by atoms with Crippen LogP contribution in [0.5, 0.6) is 0 Å². The number of hydrogen-bond donors (Lipinski definition) is 2. The van der Waals surface area contributed by atoms with E-state index in [1.165, 1.54) is 0 Å². The molecule has 0 atom stereocenters. The van der Waals surface area contributed by atoms with E-state index in [0.29, 0.717) is 19.5 Å². The average Bonchev–Trinajstić information content (AvgIpc) is 2.84. The van der Waals surface area contributed by atoms with Gasteiger partial charge in [-0.3, -0.25) is 9.69 Å². The van der Waals surface area contributed by atoms with Crippen LogP contribution in [0.3, 0.4) is 0 Å². The number of amides is 1. The first-order valence-corrected chi connectivity index (χ1v) is 6.27. The Bertz CT molecular complexity index is 336. The molecule has 0 saturated carbocycles. The highest BCUT2D eigenvalue weighted by Crippen LogP contribution is 2.01. The molecule has 0 unspecified atom stereocenters. The Balaban J connectivity index is 2.31. The quantitative estimate of drug-likeness (QED) is 0.726. The van der Waals surface area contributed by atoms with E-state index < -0.39 is 0 Å². The Hall–Kier alpha value is -1.33. The summed E-state index contributed by atoms with van der Waals surface area (Å²) < 4.78 is 5.14. The Morgan fingerprint density at radius 1 is 1.56 bits per heavy atom. The van der Waals surface area contributed by atoms with E-state index in [9.17, 15) is 4.79 Å². The third kappa shape index (κ3) is 5.33. The molecule has 0 aliphatic carbocycles. The first-order valence-electron chi connectivity index (χ1n) is 6.27. The first kappa shape index (κ1) is 14.7. The molecule has 0 aromatic carbocycles. The highest BCUT2D eigenvalue weighted by Gasteiger charge is 2.13. The molecule has 0 bridgehead atoms. The lowest BCUT2D eigenvalue weighted by atomic mass is 10.3. The van der Waals surface area contributed by atoms with Crippen LogP contribution in [0.1, 0.15) is 26.0 Å². The van der Waals surface area contributed by atoms with E-state index in [1.807, 2.05) is 24.8 Å². The summed E-state index contributed by atoms with van der Waals surface area (Å²) in [6.45, 7) is 5.71. The summed E-state index contributed by atoms with van der Waals surface area (Å²) in [5.41, 5.74) is 0. The van der Waals surface area contributed by atoms with Crippen molar-refractivity contribution in [1.29, 1.82) is 0 Å². The predicted octanol–water partition coefficient (Wildman–Crippen LogP) is 0.989. The minimum Gasteiger partial charge on any atom is -0.467 e. The minimum atomic E-state index is -0.0296. The summed E-state index contributed by atoms with van der Waals surface area (Å²) in [5.74, 6) is 0.716. The van der Waals surface area contributed by atoms with Crippen LogP contribution in [0.25, 0.3) is 0 Å². The maximum Gasteiger partial charge on any atom is 0.234 e. The fourth-order valence-electron chi connectivity index (χ4n) is 1.63. The highest BCUT2D eigenvalue weighted by molar-refractivity contribution is 5.77. The molecule has 1 rings (SSSR count). The second kappa shape index (κ2) is 7.89. The van der Waals surface area contributed by atoms with Crippen molar-refractivity contribution < 1.29 is 14.3 Å². The zero-order valence-corrected chi connectivity index (χ0v) is 11.1. The Morgan fingerprint density at radius 3 is 2.89 bits per heavy atom. The summed E-state index contributed by atoms with van der Waals surface area (Å²) in [6.07, 6.45) is 2.27. The monoisotopic (exact) mass is 254 g/mol. The molecule has 102 valence electrons. The second-order valence-electron chi connectivity index (χ2n) is 4.50. The van der Waals surface area contributed by atoms with Crippen molar-refractivity contribution in [3.63, 3.8) is 0 Å². The number of hydrogen-bond acceptors (Lipinski definition) is 4. The van der Waals surface area contributed by atoms with Crippen molar-refractivity contribution in [2.75, 3.05) is 19.7 Å². The van der Waals surface area contributed by atoms with Crippen molar-refractivity contribution in [3.8, 4) is 0 Å². The third-order valence-electron chi connectivity index (χ3n) is 2.72. The molecular weight excluding hydrogens is 232 g/mol. The maximum absolute atomic E-state index is 11.8. The van der Waals surface area contributed by atoms with Gasteiger partial charge in [0.15, 0.2) is 0 Å². The fraction of sp³-hybridized carbons (Fsp3) is 0.615. The lowest BCUT2D eigenvalue weighted by molar-refractivity contribution is -0.123. The summed E-state index contributed by atoms with van der Waals surface area (Å²) >= 11 is 0. The van der Waals surface area contributed by atoms with Crippen molar-refractivity contribution >= 4 is 5.91 Å². The number of rotatable bonds is 8. The third-order valence-corrected chi connectivity index (χ3v) is 2.72. The van der Waals surface area contributed by atoms with Crippen LogP contribution in [-0.4, -0.2) is 41.7 Å². The van der Waals surface area contributed by atoms with Crippen LogP contribution in [-0.2, 0) is 11.3 Å². The van der Waals surface area contributed by atoms with Crippen molar-refractivity contribution in [2.45, 2.75) is 32.9 Å². The molecule has 0 fully saturated rings. The Labute approximate surface area is 108 Å². The predicted molar refractivity (Wildman–Crippen MR) is 69.0 cm³/mol. The number of aliphatic hydroxyl groups is 1. The van der Waals surface area contributed by atoms with Gasteiger partial charge in [0.05, 0.1) is 19.4 Å². The molecule has 1 aromatic rings. The minimum absolute atomic E-state index is 0.0296. The summed E-state index contributed by atoms with van der Waals surface area (Å²) in [7, 11) is 0. The van der Waals surface area contributed by atoms with E-state index in [0.717, 1.165) is 12.3 Å². The molecule has 1 aromatic heterocycles. The smallest absolute Gasteiger partial charge is 0.234 e. The van der Waals surface area contributed by atoms with Crippen LogP contribution >= 0.6 is 0 Å². The molecule has 0 radical (unpaired) electrons. The molecule has 0 aliphatic rings. The summed E-state index contributed by atoms with van der Waals surface area (Å²) in [4.78, 5) is 13.8. The normalized spacial score (nSPS) is 11.2. The largest absolute Gasteiger partial charge is 0.467 e. The Kier molecular flexibility index (Phi) is 6.46. The van der Waals surface area contributed by atoms with Gasteiger partial charge in [-0.05, 0) is 32.4 Å². The van der Waals surface area contributed by atoms with Crippen molar-refractivity contribution in [2.24, 2.45) is 0 Å². The van der Waals surface area contributed by atoms with Crippen molar-refractivity contribution in [1.82, 2.24) is 10.2 Å². The van der Waals surface area contributed by atoms with Gasteiger partial charge in [0.1, 0.15) is 5.76 Å². The molecule has 18 heavy (non-hydrogen) atoms. The van der Waals surface area contributed by atoms with E-state index >= 15 is 0 Å². The standard InChI is InChI=1S/C13H22N2O3/c1-11(2)15(6-4-7-16)10-13(17)14-9-12-5-3-8-18-12/h3,5,8,11,16H,4,6-7,9-10H2,1-2H3,(H,14,17). The maximum atomic E-state index is 11.8. The van der Waals surface area contributed by atoms with Crippen LogP contribution in [0.4, 0.5) is 0 Å². The molecule has 5 heteroatoms. The second-order valence-corrected chi connectivity index (χ2v) is 4.50. The molecule has 0 aliphatic heterocycles. The van der Waals surface area contributed by atoms with Gasteiger partial charge < -0.3 is 14.8 Å². The highest BCUT2D eigenvalue weighted by atomic mass is 16.3. The molecule has 2 N–H and O–H groups in total. The van der Waals surface area contributed by atoms with Gasteiger partial charge >= 0.3 is 0 Å². The van der Waals surface area contributed by atoms with Crippen LogP contribution in [0.15, 0.2) is 22.8 Å². The van der Waals surface area contributed by atoms with Gasteiger partial charge in [-0.1, -0.05) is 0 Å². The van der Waals surface area contributed by atoms with Gasteiger partial charge in [0.2, 0.25) is 5.91 Å². The summed E-state index contributed by atoms with van der Waals surface area (Å²) in [6, 6.07) is 3.90.